The number of hydrogen-bond donors (Lipinski definition) is 3. The monoisotopic (exact) mass is 580 g/mol. The molecule has 0 aliphatic heterocycles. The van der Waals surface area contributed by atoms with Gasteiger partial charge in [0.15, 0.2) is 0 Å². The average Bonchev–Trinajstić information content (AvgIpc) is 3.01. The number of nitrogens with one attached hydrogen (secondary N) is 3. The first-order chi connectivity index (χ1) is 20.3. The van der Waals surface area contributed by atoms with Gasteiger partial charge in [0.1, 0.15) is 11.4 Å². The zero-order valence-corrected chi connectivity index (χ0v) is 24.4. The van der Waals surface area contributed by atoms with Crippen LogP contribution < -0.4 is 25.6 Å². The molecule has 0 fully saturated rings. The van der Waals surface area contributed by atoms with E-state index in [1.165, 1.54) is 11.8 Å². The summed E-state index contributed by atoms with van der Waals surface area (Å²) >= 11 is 1.37. The number of rotatable bonds is 11. The number of ether oxygens (including phenoxy) is 1. The van der Waals surface area contributed by atoms with E-state index >= 15 is 0 Å². The summed E-state index contributed by atoms with van der Waals surface area (Å²) in [4.78, 5) is 41.5. The molecule has 0 saturated carbocycles. The van der Waals surface area contributed by atoms with E-state index in [0.717, 1.165) is 16.1 Å². The van der Waals surface area contributed by atoms with Gasteiger partial charge in [-0.05, 0) is 72.3 Å². The Hall–Kier alpha value is -5.02. The number of carbonyl (C=O) groups excluding carboxylic acids is 3. The molecule has 0 aromatic heterocycles. The first kappa shape index (κ1) is 30.0. The van der Waals surface area contributed by atoms with E-state index in [4.69, 9.17) is 4.74 Å². The average molecular weight is 581 g/mol. The zero-order chi connectivity index (χ0) is 29.9. The summed E-state index contributed by atoms with van der Waals surface area (Å²) in [7, 11) is 5.45. The Morgan fingerprint density at radius 1 is 0.810 bits per heavy atom. The lowest BCUT2D eigenvalue weighted by Crippen LogP contribution is -2.30. The van der Waals surface area contributed by atoms with Crippen LogP contribution in [0.25, 0.3) is 6.08 Å². The van der Waals surface area contributed by atoms with Crippen LogP contribution in [0.1, 0.15) is 15.9 Å². The summed E-state index contributed by atoms with van der Waals surface area (Å²) in [6.45, 7) is 0. The first-order valence-corrected chi connectivity index (χ1v) is 14.1. The first-order valence-electron chi connectivity index (χ1n) is 13.1. The zero-order valence-electron chi connectivity index (χ0n) is 23.6. The number of hydrogen-bond acceptors (Lipinski definition) is 6. The SMILES string of the molecule is COc1ccccc1NC(=O)CSc1ccc(NC(=O)/C(=C/c2ccc(N(C)C)cc2)NC(=O)c2ccccc2)cc1. The number of carbonyl (C=O) groups is 3. The molecule has 0 heterocycles. The third-order valence-electron chi connectivity index (χ3n) is 6.11. The highest BCUT2D eigenvalue weighted by molar-refractivity contribution is 8.00. The van der Waals surface area contributed by atoms with Crippen molar-refractivity contribution in [2.45, 2.75) is 4.90 Å². The standard InChI is InChI=1S/C33H32N4O4S/c1-37(2)26-17-13-23(14-18-26)21-29(36-32(39)24-9-5-4-6-10-24)33(40)34-25-15-19-27(20-16-25)42-22-31(38)35-28-11-7-8-12-30(28)41-3/h4-21H,22H2,1-3H3,(H,34,40)(H,35,38)(H,36,39)/b29-21-. The molecule has 0 spiro atoms. The summed E-state index contributed by atoms with van der Waals surface area (Å²) < 4.78 is 5.28. The number of nitrogens with zero attached hydrogens (tertiary/aromatic N) is 1. The molecule has 8 nitrogen and oxygen atoms in total. The van der Waals surface area contributed by atoms with Crippen molar-refractivity contribution in [1.82, 2.24) is 5.32 Å². The topological polar surface area (TPSA) is 99.8 Å². The minimum absolute atomic E-state index is 0.105. The molecule has 4 rings (SSSR count). The molecule has 214 valence electrons. The number of methoxy groups -OCH3 is 1. The second-order valence-electron chi connectivity index (χ2n) is 9.38. The maximum Gasteiger partial charge on any atom is 0.272 e. The van der Waals surface area contributed by atoms with E-state index in [0.29, 0.717) is 22.7 Å². The highest BCUT2D eigenvalue weighted by Gasteiger charge is 2.15. The van der Waals surface area contributed by atoms with Gasteiger partial charge in [-0.25, -0.2) is 0 Å². The van der Waals surface area contributed by atoms with E-state index in [-0.39, 0.29) is 23.3 Å². The molecule has 0 aliphatic rings. The van der Waals surface area contributed by atoms with Gasteiger partial charge >= 0.3 is 0 Å². The number of thioether (sulfide) groups is 1. The lowest BCUT2D eigenvalue weighted by molar-refractivity contribution is -0.114. The molecule has 3 N–H and O–H groups in total. The molecule has 0 saturated heterocycles. The Morgan fingerprint density at radius 2 is 1.48 bits per heavy atom. The van der Waals surface area contributed by atoms with Crippen LogP contribution in [-0.2, 0) is 9.59 Å². The van der Waals surface area contributed by atoms with E-state index in [1.807, 2.05) is 73.6 Å². The minimum atomic E-state index is -0.465. The van der Waals surface area contributed by atoms with Crippen LogP contribution in [0, 0.1) is 0 Å². The van der Waals surface area contributed by atoms with Gasteiger partial charge in [0.05, 0.1) is 18.6 Å². The molecule has 42 heavy (non-hydrogen) atoms. The Kier molecular flexibility index (Phi) is 10.4. The molecule has 9 heteroatoms. The number of anilines is 3. The molecule has 0 atom stereocenters. The summed E-state index contributed by atoms with van der Waals surface area (Å²) in [6.07, 6.45) is 1.64. The third kappa shape index (κ3) is 8.49. The molecule has 0 unspecified atom stereocenters. The molecule has 3 amide bonds. The highest BCUT2D eigenvalue weighted by Crippen LogP contribution is 2.25. The van der Waals surface area contributed by atoms with Crippen LogP contribution in [0.2, 0.25) is 0 Å². The van der Waals surface area contributed by atoms with Gasteiger partial charge in [-0.15, -0.1) is 11.8 Å². The summed E-state index contributed by atoms with van der Waals surface area (Å²) in [5, 5.41) is 8.46. The van der Waals surface area contributed by atoms with Crippen LogP contribution in [0.15, 0.2) is 114 Å². The Balaban J connectivity index is 1.42. The predicted molar refractivity (Wildman–Crippen MR) is 170 cm³/mol. The predicted octanol–water partition coefficient (Wildman–Crippen LogP) is 5.90. The summed E-state index contributed by atoms with van der Waals surface area (Å²) in [5.74, 6) is -0.221. The van der Waals surface area contributed by atoms with E-state index in [1.54, 1.807) is 61.7 Å². The van der Waals surface area contributed by atoms with Crippen molar-refractivity contribution < 1.29 is 19.1 Å². The van der Waals surface area contributed by atoms with Crippen molar-refractivity contribution in [2.24, 2.45) is 0 Å². The van der Waals surface area contributed by atoms with Crippen molar-refractivity contribution >= 4 is 52.6 Å². The van der Waals surface area contributed by atoms with Crippen LogP contribution >= 0.6 is 11.8 Å². The van der Waals surface area contributed by atoms with Gasteiger partial charge < -0.3 is 25.6 Å². The van der Waals surface area contributed by atoms with Gasteiger partial charge in [-0.1, -0.05) is 42.5 Å². The molecular weight excluding hydrogens is 548 g/mol. The maximum absolute atomic E-state index is 13.3. The van der Waals surface area contributed by atoms with E-state index < -0.39 is 5.91 Å². The lowest BCUT2D eigenvalue weighted by Gasteiger charge is -2.13. The third-order valence-corrected chi connectivity index (χ3v) is 7.12. The molecule has 4 aromatic rings. The maximum atomic E-state index is 13.3. The van der Waals surface area contributed by atoms with Crippen LogP contribution in [0.3, 0.4) is 0 Å². The van der Waals surface area contributed by atoms with Crippen molar-refractivity contribution in [1.29, 1.82) is 0 Å². The second kappa shape index (κ2) is 14.6. The smallest absolute Gasteiger partial charge is 0.272 e. The quantitative estimate of drug-likeness (QED) is 0.151. The van der Waals surface area contributed by atoms with Crippen molar-refractivity contribution in [3.63, 3.8) is 0 Å². The summed E-state index contributed by atoms with van der Waals surface area (Å²) in [5.41, 5.74) is 3.48. The van der Waals surface area contributed by atoms with Gasteiger partial charge in [0.2, 0.25) is 5.91 Å². The fourth-order valence-corrected chi connectivity index (χ4v) is 4.59. The second-order valence-corrected chi connectivity index (χ2v) is 10.4. The lowest BCUT2D eigenvalue weighted by atomic mass is 10.1. The molecule has 0 bridgehead atoms. The molecule has 0 aliphatic carbocycles. The van der Waals surface area contributed by atoms with E-state index in [2.05, 4.69) is 16.0 Å². The highest BCUT2D eigenvalue weighted by atomic mass is 32.2. The van der Waals surface area contributed by atoms with Gasteiger partial charge in [0.25, 0.3) is 11.8 Å². The van der Waals surface area contributed by atoms with Crippen molar-refractivity contribution in [2.75, 3.05) is 42.5 Å². The number of benzene rings is 4. The Bertz CT molecular complexity index is 1550. The largest absolute Gasteiger partial charge is 0.495 e. The summed E-state index contributed by atoms with van der Waals surface area (Å²) in [6, 6.07) is 30.7. The van der Waals surface area contributed by atoms with Gasteiger partial charge in [-0.2, -0.15) is 0 Å². The Labute approximate surface area is 249 Å². The fraction of sp³-hybridized carbons (Fsp3) is 0.121. The number of para-hydroxylation sites is 2. The molecule has 4 aromatic carbocycles. The van der Waals surface area contributed by atoms with Crippen LogP contribution in [0.4, 0.5) is 17.1 Å². The molecule has 0 radical (unpaired) electrons. The van der Waals surface area contributed by atoms with Crippen LogP contribution in [-0.4, -0.2) is 44.7 Å². The van der Waals surface area contributed by atoms with Crippen molar-refractivity contribution in [3.05, 3.63) is 120 Å². The van der Waals surface area contributed by atoms with Crippen molar-refractivity contribution in [3.8, 4) is 5.75 Å². The van der Waals surface area contributed by atoms with Gasteiger partial charge in [0, 0.05) is 35.9 Å². The van der Waals surface area contributed by atoms with Crippen LogP contribution in [0.5, 0.6) is 5.75 Å². The fourth-order valence-electron chi connectivity index (χ4n) is 3.89. The normalized spacial score (nSPS) is 10.9. The molecular formula is C33H32N4O4S. The van der Waals surface area contributed by atoms with E-state index in [9.17, 15) is 14.4 Å². The Morgan fingerprint density at radius 3 is 2.14 bits per heavy atom. The minimum Gasteiger partial charge on any atom is -0.495 e. The van der Waals surface area contributed by atoms with Gasteiger partial charge in [-0.3, -0.25) is 14.4 Å². The number of amides is 3.